The van der Waals surface area contributed by atoms with Crippen LogP contribution in [0, 0.1) is 0 Å². The van der Waals surface area contributed by atoms with Gasteiger partial charge in [0.25, 0.3) is 0 Å². The molecule has 0 radical (unpaired) electrons. The maximum atomic E-state index is 11.1. The smallest absolute Gasteiger partial charge is 0.335 e. The SMILES string of the molecule is C=CC(=O)Oc1ccc(C(=O)O)cc1CCC. The van der Waals surface area contributed by atoms with Crippen LogP contribution in [0.3, 0.4) is 0 Å². The molecule has 0 atom stereocenters. The Balaban J connectivity index is 3.07. The van der Waals surface area contributed by atoms with Gasteiger partial charge in [0.2, 0.25) is 0 Å². The quantitative estimate of drug-likeness (QED) is 0.483. The zero-order valence-corrected chi connectivity index (χ0v) is 9.60. The summed E-state index contributed by atoms with van der Waals surface area (Å²) >= 11 is 0. The molecule has 0 saturated heterocycles. The molecule has 1 N–H and O–H groups in total. The number of carbonyl (C=O) groups is 2. The number of benzene rings is 1. The molecule has 0 saturated carbocycles. The van der Waals surface area contributed by atoms with E-state index in [9.17, 15) is 9.59 Å². The normalized spacial score (nSPS) is 9.71. The van der Waals surface area contributed by atoms with Crippen LogP contribution in [0.5, 0.6) is 5.75 Å². The van der Waals surface area contributed by atoms with Crippen molar-refractivity contribution in [3.05, 3.63) is 42.0 Å². The summed E-state index contributed by atoms with van der Waals surface area (Å²) in [6.07, 6.45) is 2.56. The van der Waals surface area contributed by atoms with Crippen molar-refractivity contribution in [3.8, 4) is 5.75 Å². The molecule has 0 bridgehead atoms. The molecule has 4 heteroatoms. The highest BCUT2D eigenvalue weighted by Crippen LogP contribution is 2.22. The Morgan fingerprint density at radius 1 is 1.47 bits per heavy atom. The molecule has 1 aromatic carbocycles. The predicted octanol–water partition coefficient (Wildman–Crippen LogP) is 2.43. The minimum Gasteiger partial charge on any atom is -0.478 e. The van der Waals surface area contributed by atoms with Crippen LogP contribution in [0.25, 0.3) is 0 Å². The van der Waals surface area contributed by atoms with Crippen LogP contribution < -0.4 is 4.74 Å². The predicted molar refractivity (Wildman–Crippen MR) is 63.2 cm³/mol. The van der Waals surface area contributed by atoms with E-state index in [0.29, 0.717) is 17.7 Å². The fraction of sp³-hybridized carbons (Fsp3) is 0.231. The third kappa shape index (κ3) is 3.45. The van der Waals surface area contributed by atoms with Gasteiger partial charge in [0.1, 0.15) is 5.75 Å². The monoisotopic (exact) mass is 234 g/mol. The molecule has 0 aliphatic carbocycles. The van der Waals surface area contributed by atoms with E-state index in [1.165, 1.54) is 18.2 Å². The molecule has 4 nitrogen and oxygen atoms in total. The zero-order valence-electron chi connectivity index (χ0n) is 9.60. The van der Waals surface area contributed by atoms with Crippen molar-refractivity contribution >= 4 is 11.9 Å². The largest absolute Gasteiger partial charge is 0.478 e. The lowest BCUT2D eigenvalue weighted by molar-refractivity contribution is -0.129. The summed E-state index contributed by atoms with van der Waals surface area (Å²) in [4.78, 5) is 21.9. The molecular weight excluding hydrogens is 220 g/mol. The number of aromatic carboxylic acids is 1. The molecule has 0 unspecified atom stereocenters. The van der Waals surface area contributed by atoms with E-state index in [4.69, 9.17) is 9.84 Å². The Labute approximate surface area is 99.5 Å². The number of rotatable bonds is 5. The first-order valence-electron chi connectivity index (χ1n) is 5.29. The number of carboxylic acids is 1. The number of carbonyl (C=O) groups excluding carboxylic acids is 1. The highest BCUT2D eigenvalue weighted by molar-refractivity contribution is 5.88. The van der Waals surface area contributed by atoms with E-state index < -0.39 is 11.9 Å². The molecule has 1 rings (SSSR count). The fourth-order valence-corrected chi connectivity index (χ4v) is 1.43. The third-order valence-electron chi connectivity index (χ3n) is 2.20. The highest BCUT2D eigenvalue weighted by atomic mass is 16.5. The molecule has 0 aromatic heterocycles. The van der Waals surface area contributed by atoms with Gasteiger partial charge in [0.15, 0.2) is 0 Å². The van der Waals surface area contributed by atoms with E-state index in [1.54, 1.807) is 0 Å². The Hall–Kier alpha value is -2.10. The summed E-state index contributed by atoms with van der Waals surface area (Å²) in [6, 6.07) is 4.43. The lowest BCUT2D eigenvalue weighted by atomic mass is 10.1. The summed E-state index contributed by atoms with van der Waals surface area (Å²) in [7, 11) is 0. The molecule has 1 aromatic rings. The number of ether oxygens (including phenoxy) is 1. The molecule has 90 valence electrons. The molecular formula is C13H14O4. The second kappa shape index (κ2) is 5.84. The van der Waals surface area contributed by atoms with Crippen molar-refractivity contribution in [2.24, 2.45) is 0 Å². The second-order valence-electron chi connectivity index (χ2n) is 3.50. The number of hydrogen-bond donors (Lipinski definition) is 1. The first kappa shape index (κ1) is 13.0. The van der Waals surface area contributed by atoms with E-state index in [2.05, 4.69) is 6.58 Å². The maximum Gasteiger partial charge on any atom is 0.335 e. The number of aryl methyl sites for hydroxylation is 1. The average Bonchev–Trinajstić information content (AvgIpc) is 2.31. The first-order chi connectivity index (χ1) is 8.08. The van der Waals surface area contributed by atoms with Crippen molar-refractivity contribution in [1.29, 1.82) is 0 Å². The summed E-state index contributed by atoms with van der Waals surface area (Å²) < 4.78 is 5.03. The zero-order chi connectivity index (χ0) is 12.8. The topological polar surface area (TPSA) is 63.6 Å². The van der Waals surface area contributed by atoms with Crippen molar-refractivity contribution in [2.75, 3.05) is 0 Å². The van der Waals surface area contributed by atoms with Crippen molar-refractivity contribution in [3.63, 3.8) is 0 Å². The summed E-state index contributed by atoms with van der Waals surface area (Å²) in [5.74, 6) is -1.16. The number of esters is 1. The molecule has 0 fully saturated rings. The van der Waals surface area contributed by atoms with Crippen LogP contribution in [0.1, 0.15) is 29.3 Å². The minimum atomic E-state index is -0.996. The number of hydrogen-bond acceptors (Lipinski definition) is 3. The van der Waals surface area contributed by atoms with Gasteiger partial charge >= 0.3 is 11.9 Å². The fourth-order valence-electron chi connectivity index (χ4n) is 1.43. The van der Waals surface area contributed by atoms with Crippen LogP contribution in [0.4, 0.5) is 0 Å². The maximum absolute atomic E-state index is 11.1. The van der Waals surface area contributed by atoms with Crippen molar-refractivity contribution in [1.82, 2.24) is 0 Å². The number of carboxylic acid groups (broad SMARTS) is 1. The average molecular weight is 234 g/mol. The van der Waals surface area contributed by atoms with Crippen LogP contribution in [0.15, 0.2) is 30.9 Å². The lowest BCUT2D eigenvalue weighted by Crippen LogP contribution is -2.07. The highest BCUT2D eigenvalue weighted by Gasteiger charge is 2.10. The lowest BCUT2D eigenvalue weighted by Gasteiger charge is -2.09. The minimum absolute atomic E-state index is 0.187. The van der Waals surface area contributed by atoms with Crippen LogP contribution in [-0.4, -0.2) is 17.0 Å². The molecule has 0 aliphatic rings. The van der Waals surface area contributed by atoms with Crippen molar-refractivity contribution in [2.45, 2.75) is 19.8 Å². The van der Waals surface area contributed by atoms with Gasteiger partial charge in [-0.1, -0.05) is 19.9 Å². The third-order valence-corrected chi connectivity index (χ3v) is 2.20. The molecule has 0 aliphatic heterocycles. The van der Waals surface area contributed by atoms with Gasteiger partial charge in [-0.2, -0.15) is 0 Å². The van der Waals surface area contributed by atoms with Gasteiger partial charge in [0.05, 0.1) is 5.56 Å². The standard InChI is InChI=1S/C13H14O4/c1-3-5-9-8-10(13(15)16)6-7-11(9)17-12(14)4-2/h4,6-8H,2-3,5H2,1H3,(H,15,16). The summed E-state index contributed by atoms with van der Waals surface area (Å²) in [5, 5.41) is 8.87. The van der Waals surface area contributed by atoms with Crippen LogP contribution in [0.2, 0.25) is 0 Å². The van der Waals surface area contributed by atoms with Gasteiger partial charge < -0.3 is 9.84 Å². The second-order valence-corrected chi connectivity index (χ2v) is 3.50. The van der Waals surface area contributed by atoms with Gasteiger partial charge in [-0.3, -0.25) is 0 Å². The van der Waals surface area contributed by atoms with Gasteiger partial charge in [0, 0.05) is 6.08 Å². The van der Waals surface area contributed by atoms with E-state index >= 15 is 0 Å². The van der Waals surface area contributed by atoms with E-state index in [1.807, 2.05) is 6.92 Å². The van der Waals surface area contributed by atoms with Crippen molar-refractivity contribution < 1.29 is 19.4 Å². The first-order valence-corrected chi connectivity index (χ1v) is 5.29. The Bertz CT molecular complexity index is 449. The Morgan fingerprint density at radius 3 is 2.71 bits per heavy atom. The van der Waals surface area contributed by atoms with E-state index in [0.717, 1.165) is 12.5 Å². The van der Waals surface area contributed by atoms with Crippen LogP contribution >= 0.6 is 0 Å². The van der Waals surface area contributed by atoms with Gasteiger partial charge in [-0.05, 0) is 30.2 Å². The summed E-state index contributed by atoms with van der Waals surface area (Å²) in [5.41, 5.74) is 0.898. The van der Waals surface area contributed by atoms with E-state index in [-0.39, 0.29) is 5.56 Å². The molecule has 0 heterocycles. The molecule has 0 amide bonds. The van der Waals surface area contributed by atoms with Gasteiger partial charge in [-0.25, -0.2) is 9.59 Å². The van der Waals surface area contributed by atoms with Crippen LogP contribution in [-0.2, 0) is 11.2 Å². The van der Waals surface area contributed by atoms with Gasteiger partial charge in [-0.15, -0.1) is 0 Å². The Kier molecular flexibility index (Phi) is 4.46. The molecule has 0 spiro atoms. The molecule has 17 heavy (non-hydrogen) atoms. The Morgan fingerprint density at radius 2 is 2.18 bits per heavy atom. The summed E-state index contributed by atoms with van der Waals surface area (Å²) in [6.45, 7) is 5.27.